The molecule has 1 aliphatic heterocycles. The van der Waals surface area contributed by atoms with E-state index in [-0.39, 0.29) is 36.3 Å². The number of amides is 1. The van der Waals surface area contributed by atoms with Gasteiger partial charge in [-0.05, 0) is 51.9 Å². The standard InChI is InChI=1S/C31H45N5O4/c1-3-4-5-6-7-8-9-10-11-12-13-14-15-16-17-18-19-20-21-22-26(38)34-31-35-29-27(30(40)36-31)33-25(23-32-29)28(39)24(2)37/h4-5,7-8,10-11,13-14,16-17,19-20,24-25,28,33,37,39H,3,6,9,12,15,18,21-23H2,1-2H3,(H3,32,34,35,36,38,40)/t24-,25+,28-/m0/s1. The second-order valence-corrected chi connectivity index (χ2v) is 9.50. The van der Waals surface area contributed by atoms with Gasteiger partial charge in [0.1, 0.15) is 11.8 Å². The molecule has 40 heavy (non-hydrogen) atoms. The monoisotopic (exact) mass is 551 g/mol. The van der Waals surface area contributed by atoms with Gasteiger partial charge in [0.2, 0.25) is 11.9 Å². The predicted molar refractivity (Wildman–Crippen MR) is 165 cm³/mol. The lowest BCUT2D eigenvalue weighted by Crippen LogP contribution is -2.48. The summed E-state index contributed by atoms with van der Waals surface area (Å²) in [6.45, 7) is 3.88. The van der Waals surface area contributed by atoms with E-state index >= 15 is 0 Å². The summed E-state index contributed by atoms with van der Waals surface area (Å²) in [4.78, 5) is 31.4. The van der Waals surface area contributed by atoms with Crippen molar-refractivity contribution >= 4 is 23.4 Å². The van der Waals surface area contributed by atoms with Gasteiger partial charge in [-0.2, -0.15) is 4.98 Å². The molecule has 0 spiro atoms. The Morgan fingerprint density at radius 3 is 1.98 bits per heavy atom. The molecule has 1 aliphatic rings. The van der Waals surface area contributed by atoms with Crippen molar-refractivity contribution < 1.29 is 15.0 Å². The highest BCUT2D eigenvalue weighted by Crippen LogP contribution is 2.22. The summed E-state index contributed by atoms with van der Waals surface area (Å²) in [5.41, 5.74) is -0.320. The Bertz CT molecular complexity index is 1130. The van der Waals surface area contributed by atoms with Crippen LogP contribution in [0.2, 0.25) is 0 Å². The summed E-state index contributed by atoms with van der Waals surface area (Å²) >= 11 is 0. The smallest absolute Gasteiger partial charge is 0.277 e. The molecule has 6 N–H and O–H groups in total. The SMILES string of the molecule is CCC=CCC=CCC=CCC=CCC=CCC=CCCC(=O)Nc1nc2c(c(=O)[nH]1)N[C@@H]([C@@H](O)[C@H](C)O)CN2. The number of aromatic nitrogens is 2. The van der Waals surface area contributed by atoms with Gasteiger partial charge in [0.15, 0.2) is 5.82 Å². The van der Waals surface area contributed by atoms with Crippen molar-refractivity contribution in [3.8, 4) is 0 Å². The molecular formula is C31H45N5O4. The van der Waals surface area contributed by atoms with E-state index in [4.69, 9.17) is 0 Å². The Balaban J connectivity index is 1.59. The van der Waals surface area contributed by atoms with Crippen LogP contribution in [0.5, 0.6) is 0 Å². The average molecular weight is 552 g/mol. The van der Waals surface area contributed by atoms with E-state index in [1.807, 2.05) is 12.2 Å². The highest BCUT2D eigenvalue weighted by atomic mass is 16.3. The van der Waals surface area contributed by atoms with Crippen LogP contribution in [0.3, 0.4) is 0 Å². The molecule has 2 heterocycles. The molecule has 0 aromatic carbocycles. The zero-order valence-corrected chi connectivity index (χ0v) is 23.7. The lowest BCUT2D eigenvalue weighted by molar-refractivity contribution is -0.116. The number of aliphatic hydroxyl groups excluding tert-OH is 2. The van der Waals surface area contributed by atoms with Crippen LogP contribution in [-0.4, -0.2) is 50.9 Å². The number of anilines is 3. The fourth-order valence-electron chi connectivity index (χ4n) is 3.83. The van der Waals surface area contributed by atoms with Gasteiger partial charge in [-0.1, -0.05) is 79.8 Å². The summed E-state index contributed by atoms with van der Waals surface area (Å²) in [7, 11) is 0. The number of aliphatic hydroxyl groups is 2. The number of rotatable bonds is 17. The third kappa shape index (κ3) is 12.9. The predicted octanol–water partition coefficient (Wildman–Crippen LogP) is 5.13. The third-order valence-electron chi connectivity index (χ3n) is 6.04. The van der Waals surface area contributed by atoms with Crippen molar-refractivity contribution in [2.24, 2.45) is 0 Å². The number of fused-ring (bicyclic) bond motifs is 1. The molecule has 1 aromatic heterocycles. The number of nitrogens with one attached hydrogen (secondary N) is 4. The van der Waals surface area contributed by atoms with Gasteiger partial charge >= 0.3 is 0 Å². The summed E-state index contributed by atoms with van der Waals surface area (Å²) in [6, 6.07) is -0.544. The summed E-state index contributed by atoms with van der Waals surface area (Å²) in [5, 5.41) is 28.1. The molecule has 218 valence electrons. The van der Waals surface area contributed by atoms with E-state index < -0.39 is 23.8 Å². The molecule has 0 aliphatic carbocycles. The number of carbonyl (C=O) groups is 1. The Morgan fingerprint density at radius 2 is 1.45 bits per heavy atom. The minimum Gasteiger partial charge on any atom is -0.391 e. The van der Waals surface area contributed by atoms with Crippen LogP contribution in [0.25, 0.3) is 0 Å². The van der Waals surface area contributed by atoms with Crippen LogP contribution in [0, 0.1) is 0 Å². The van der Waals surface area contributed by atoms with E-state index in [2.05, 4.69) is 93.6 Å². The zero-order chi connectivity index (χ0) is 29.0. The number of aromatic amines is 1. The number of hydrogen-bond donors (Lipinski definition) is 6. The molecule has 0 saturated carbocycles. The van der Waals surface area contributed by atoms with Gasteiger partial charge in [0, 0.05) is 13.0 Å². The van der Waals surface area contributed by atoms with Crippen molar-refractivity contribution in [3.05, 3.63) is 83.3 Å². The highest BCUT2D eigenvalue weighted by molar-refractivity contribution is 5.89. The second kappa shape index (κ2) is 19.4. The van der Waals surface area contributed by atoms with Gasteiger partial charge in [-0.25, -0.2) is 0 Å². The second-order valence-electron chi connectivity index (χ2n) is 9.50. The van der Waals surface area contributed by atoms with Crippen LogP contribution in [0.1, 0.15) is 65.2 Å². The normalized spacial score (nSPS) is 17.2. The minimum absolute atomic E-state index is 0.0559. The fraction of sp³-hybridized carbons (Fsp3) is 0.452. The lowest BCUT2D eigenvalue weighted by Gasteiger charge is -2.31. The van der Waals surface area contributed by atoms with E-state index in [1.165, 1.54) is 6.92 Å². The maximum absolute atomic E-state index is 12.4. The first-order valence-corrected chi connectivity index (χ1v) is 14.1. The summed E-state index contributed by atoms with van der Waals surface area (Å²) in [5.74, 6) is 0.0826. The van der Waals surface area contributed by atoms with E-state index in [1.54, 1.807) is 0 Å². The lowest BCUT2D eigenvalue weighted by atomic mass is 10.0. The van der Waals surface area contributed by atoms with E-state index in [9.17, 15) is 19.8 Å². The first kappa shape index (κ1) is 32.5. The minimum atomic E-state index is -1.05. The van der Waals surface area contributed by atoms with Gasteiger partial charge in [0.05, 0.1) is 12.1 Å². The molecular weight excluding hydrogens is 506 g/mol. The van der Waals surface area contributed by atoms with Crippen molar-refractivity contribution in [1.82, 2.24) is 9.97 Å². The number of carbonyl (C=O) groups excluding carboxylic acids is 1. The molecule has 9 heteroatoms. The first-order chi connectivity index (χ1) is 19.4. The van der Waals surface area contributed by atoms with Crippen molar-refractivity contribution in [3.63, 3.8) is 0 Å². The van der Waals surface area contributed by atoms with Crippen molar-refractivity contribution in [1.29, 1.82) is 0 Å². The van der Waals surface area contributed by atoms with Gasteiger partial charge in [-0.3, -0.25) is 19.9 Å². The van der Waals surface area contributed by atoms with Gasteiger partial charge < -0.3 is 20.8 Å². The van der Waals surface area contributed by atoms with Crippen LogP contribution in [0.15, 0.2) is 77.7 Å². The number of allylic oxidation sites excluding steroid dienone is 12. The topological polar surface area (TPSA) is 139 Å². The Morgan fingerprint density at radius 1 is 0.925 bits per heavy atom. The highest BCUT2D eigenvalue weighted by Gasteiger charge is 2.29. The maximum Gasteiger partial charge on any atom is 0.277 e. The molecule has 3 atom stereocenters. The largest absolute Gasteiger partial charge is 0.391 e. The molecule has 9 nitrogen and oxygen atoms in total. The van der Waals surface area contributed by atoms with E-state index in [0.29, 0.717) is 6.42 Å². The third-order valence-corrected chi connectivity index (χ3v) is 6.04. The molecule has 1 amide bonds. The molecule has 2 rings (SSSR count). The molecule has 0 unspecified atom stereocenters. The van der Waals surface area contributed by atoms with Crippen LogP contribution in [-0.2, 0) is 4.79 Å². The van der Waals surface area contributed by atoms with Gasteiger partial charge in [-0.15, -0.1) is 0 Å². The first-order valence-electron chi connectivity index (χ1n) is 14.1. The Hall–Kier alpha value is -3.69. The molecule has 0 fully saturated rings. The van der Waals surface area contributed by atoms with Crippen LogP contribution in [0.4, 0.5) is 17.5 Å². The molecule has 0 bridgehead atoms. The number of H-pyrrole nitrogens is 1. The zero-order valence-electron chi connectivity index (χ0n) is 23.7. The molecule has 1 aromatic rings. The van der Waals surface area contributed by atoms with Crippen LogP contribution < -0.4 is 21.5 Å². The Kier molecular flexibility index (Phi) is 15.8. The van der Waals surface area contributed by atoms with Crippen LogP contribution >= 0.6 is 0 Å². The quantitative estimate of drug-likeness (QED) is 0.147. The van der Waals surface area contributed by atoms with Crippen molar-refractivity contribution in [2.75, 3.05) is 22.5 Å². The fourth-order valence-corrected chi connectivity index (χ4v) is 3.83. The van der Waals surface area contributed by atoms with E-state index in [0.717, 1.165) is 38.5 Å². The molecule has 0 radical (unpaired) electrons. The summed E-state index contributed by atoms with van der Waals surface area (Å²) in [6.07, 6.45) is 30.2. The Labute approximate surface area is 237 Å². The maximum atomic E-state index is 12.4. The van der Waals surface area contributed by atoms with Gasteiger partial charge in [0.25, 0.3) is 5.56 Å². The number of hydrogen-bond acceptors (Lipinski definition) is 7. The molecule has 0 saturated heterocycles. The number of nitrogens with zero attached hydrogens (tertiary/aromatic N) is 1. The summed E-state index contributed by atoms with van der Waals surface area (Å²) < 4.78 is 0. The average Bonchev–Trinajstić information content (AvgIpc) is 2.93. The van der Waals surface area contributed by atoms with Crippen molar-refractivity contribution in [2.45, 2.75) is 83.5 Å².